The van der Waals surface area contributed by atoms with E-state index in [2.05, 4.69) is 5.32 Å². The number of carbonyl (C=O) groups excluding carboxylic acids is 1. The minimum absolute atomic E-state index is 0.0839. The number of halogens is 1. The quantitative estimate of drug-likeness (QED) is 0.750. The number of fused-ring (bicyclic) bond motifs is 2. The molecular formula is C21H18ClNO3. The van der Waals surface area contributed by atoms with Crippen LogP contribution in [0.1, 0.15) is 15.9 Å². The van der Waals surface area contributed by atoms with E-state index in [4.69, 9.17) is 21.1 Å². The second-order valence-corrected chi connectivity index (χ2v) is 6.58. The molecule has 0 saturated carbocycles. The molecule has 26 heavy (non-hydrogen) atoms. The molecule has 132 valence electrons. The second kappa shape index (κ2) is 7.26. The van der Waals surface area contributed by atoms with Gasteiger partial charge in [0, 0.05) is 12.1 Å². The van der Waals surface area contributed by atoms with E-state index in [1.54, 1.807) is 0 Å². The molecule has 0 spiro atoms. The highest BCUT2D eigenvalue weighted by Crippen LogP contribution is 2.38. The number of hydrogen-bond donors (Lipinski definition) is 1. The lowest BCUT2D eigenvalue weighted by Gasteiger charge is -2.20. The average Bonchev–Trinajstić information content (AvgIpc) is 2.67. The molecule has 0 saturated heterocycles. The zero-order chi connectivity index (χ0) is 17.9. The maximum Gasteiger partial charge on any atom is 0.251 e. The van der Waals surface area contributed by atoms with Gasteiger partial charge in [-0.2, -0.15) is 0 Å². The van der Waals surface area contributed by atoms with Gasteiger partial charge in [0.25, 0.3) is 5.91 Å². The molecule has 5 heteroatoms. The Balaban J connectivity index is 1.41. The van der Waals surface area contributed by atoms with E-state index in [1.165, 1.54) is 0 Å². The van der Waals surface area contributed by atoms with Gasteiger partial charge in [0.05, 0.1) is 5.02 Å². The Bertz CT molecular complexity index is 971. The van der Waals surface area contributed by atoms with Gasteiger partial charge in [-0.25, -0.2) is 0 Å². The Morgan fingerprint density at radius 1 is 1.00 bits per heavy atom. The van der Waals surface area contributed by atoms with Gasteiger partial charge in [-0.1, -0.05) is 41.9 Å². The second-order valence-electron chi connectivity index (χ2n) is 6.17. The molecule has 0 aliphatic carbocycles. The molecule has 0 unspecified atom stereocenters. The number of amides is 1. The fourth-order valence-corrected chi connectivity index (χ4v) is 3.35. The summed E-state index contributed by atoms with van der Waals surface area (Å²) in [5.41, 5.74) is 1.65. The molecule has 0 radical (unpaired) electrons. The molecule has 1 aliphatic heterocycles. The summed E-state index contributed by atoms with van der Waals surface area (Å²) >= 11 is 6.25. The first kappa shape index (κ1) is 16.7. The van der Waals surface area contributed by atoms with Crippen molar-refractivity contribution < 1.29 is 14.3 Å². The van der Waals surface area contributed by atoms with Crippen molar-refractivity contribution in [2.75, 3.05) is 19.8 Å². The smallest absolute Gasteiger partial charge is 0.251 e. The van der Waals surface area contributed by atoms with E-state index < -0.39 is 0 Å². The Morgan fingerprint density at radius 3 is 2.69 bits per heavy atom. The average molecular weight is 368 g/mol. The van der Waals surface area contributed by atoms with Gasteiger partial charge in [0.2, 0.25) is 0 Å². The van der Waals surface area contributed by atoms with Crippen LogP contribution >= 0.6 is 11.6 Å². The Kier molecular flexibility index (Phi) is 4.67. The zero-order valence-electron chi connectivity index (χ0n) is 14.1. The van der Waals surface area contributed by atoms with E-state index >= 15 is 0 Å². The third kappa shape index (κ3) is 3.46. The van der Waals surface area contributed by atoms with Crippen molar-refractivity contribution in [1.82, 2.24) is 5.32 Å². The largest absolute Gasteiger partial charge is 0.486 e. The fraction of sp³-hybridized carbons (Fsp3) is 0.190. The van der Waals surface area contributed by atoms with Crippen molar-refractivity contribution >= 4 is 28.3 Å². The van der Waals surface area contributed by atoms with E-state index in [-0.39, 0.29) is 5.91 Å². The number of ether oxygens (including phenoxy) is 2. The van der Waals surface area contributed by atoms with Gasteiger partial charge in [0.1, 0.15) is 13.2 Å². The molecule has 1 aliphatic rings. The lowest BCUT2D eigenvalue weighted by molar-refractivity contribution is 0.0954. The van der Waals surface area contributed by atoms with E-state index in [0.29, 0.717) is 48.3 Å². The summed E-state index contributed by atoms with van der Waals surface area (Å²) in [4.78, 5) is 12.4. The molecule has 3 aromatic carbocycles. The van der Waals surface area contributed by atoms with Crippen molar-refractivity contribution in [3.8, 4) is 11.5 Å². The maximum atomic E-state index is 12.4. The number of hydrogen-bond acceptors (Lipinski definition) is 3. The number of carbonyl (C=O) groups is 1. The van der Waals surface area contributed by atoms with Crippen LogP contribution in [-0.2, 0) is 6.42 Å². The van der Waals surface area contributed by atoms with Crippen molar-refractivity contribution in [2.24, 2.45) is 0 Å². The van der Waals surface area contributed by atoms with E-state index in [1.807, 2.05) is 54.6 Å². The van der Waals surface area contributed by atoms with Crippen LogP contribution in [0, 0.1) is 0 Å². The molecule has 3 aromatic rings. The molecule has 1 amide bonds. The SMILES string of the molecule is O=C(NCCc1cc(Cl)c2c(c1)OCCO2)c1ccc2ccccc2c1. The standard InChI is InChI=1S/C21H18ClNO3/c22-18-11-14(12-19-20(18)26-10-9-25-19)7-8-23-21(24)17-6-5-15-3-1-2-4-16(15)13-17/h1-6,11-13H,7-10H2,(H,23,24). The third-order valence-electron chi connectivity index (χ3n) is 4.37. The topological polar surface area (TPSA) is 47.6 Å². The predicted octanol–water partition coefficient (Wildman–Crippen LogP) is 4.24. The lowest BCUT2D eigenvalue weighted by atomic mass is 10.1. The highest BCUT2D eigenvalue weighted by molar-refractivity contribution is 6.32. The van der Waals surface area contributed by atoms with Crippen LogP contribution in [0.2, 0.25) is 5.02 Å². The summed E-state index contributed by atoms with van der Waals surface area (Å²) in [7, 11) is 0. The van der Waals surface area contributed by atoms with Crippen molar-refractivity contribution in [1.29, 1.82) is 0 Å². The molecule has 0 aromatic heterocycles. The molecular weight excluding hydrogens is 350 g/mol. The summed E-state index contributed by atoms with van der Waals surface area (Å²) in [6, 6.07) is 17.5. The summed E-state index contributed by atoms with van der Waals surface area (Å²) in [6.07, 6.45) is 0.662. The Morgan fingerprint density at radius 2 is 1.81 bits per heavy atom. The van der Waals surface area contributed by atoms with Gasteiger partial charge < -0.3 is 14.8 Å². The minimum Gasteiger partial charge on any atom is -0.486 e. The fourth-order valence-electron chi connectivity index (χ4n) is 3.06. The van der Waals surface area contributed by atoms with Crippen LogP contribution in [0.5, 0.6) is 11.5 Å². The van der Waals surface area contributed by atoms with Crippen LogP contribution in [-0.4, -0.2) is 25.7 Å². The molecule has 1 heterocycles. The summed E-state index contributed by atoms with van der Waals surface area (Å²) in [6.45, 7) is 1.54. The maximum absolute atomic E-state index is 12.4. The normalized spacial score (nSPS) is 12.8. The monoisotopic (exact) mass is 367 g/mol. The van der Waals surface area contributed by atoms with Crippen molar-refractivity contribution in [3.63, 3.8) is 0 Å². The highest BCUT2D eigenvalue weighted by atomic mass is 35.5. The first-order chi connectivity index (χ1) is 12.7. The van der Waals surface area contributed by atoms with Gasteiger partial charge in [0.15, 0.2) is 11.5 Å². The Labute approximate surface area is 156 Å². The molecule has 1 N–H and O–H groups in total. The summed E-state index contributed by atoms with van der Waals surface area (Å²) in [5, 5.41) is 5.67. The third-order valence-corrected chi connectivity index (χ3v) is 4.65. The molecule has 0 fully saturated rings. The first-order valence-corrected chi connectivity index (χ1v) is 8.93. The van der Waals surface area contributed by atoms with Crippen LogP contribution in [0.15, 0.2) is 54.6 Å². The van der Waals surface area contributed by atoms with Crippen LogP contribution in [0.25, 0.3) is 10.8 Å². The summed E-state index contributed by atoms with van der Waals surface area (Å²) in [5.74, 6) is 1.18. The molecule has 0 bridgehead atoms. The van der Waals surface area contributed by atoms with Crippen molar-refractivity contribution in [2.45, 2.75) is 6.42 Å². The van der Waals surface area contributed by atoms with Gasteiger partial charge in [-0.15, -0.1) is 0 Å². The Hall–Kier alpha value is -2.72. The van der Waals surface area contributed by atoms with E-state index in [0.717, 1.165) is 16.3 Å². The van der Waals surface area contributed by atoms with Crippen LogP contribution in [0.3, 0.4) is 0 Å². The number of rotatable bonds is 4. The van der Waals surface area contributed by atoms with Crippen LogP contribution < -0.4 is 14.8 Å². The van der Waals surface area contributed by atoms with Crippen molar-refractivity contribution in [3.05, 3.63) is 70.7 Å². The lowest BCUT2D eigenvalue weighted by Crippen LogP contribution is -2.25. The van der Waals surface area contributed by atoms with Gasteiger partial charge in [-0.05, 0) is 47.0 Å². The summed E-state index contributed by atoms with van der Waals surface area (Å²) < 4.78 is 11.1. The number of benzene rings is 3. The molecule has 4 rings (SSSR count). The van der Waals surface area contributed by atoms with Gasteiger partial charge >= 0.3 is 0 Å². The minimum atomic E-state index is -0.0839. The first-order valence-electron chi connectivity index (χ1n) is 8.56. The zero-order valence-corrected chi connectivity index (χ0v) is 14.9. The van der Waals surface area contributed by atoms with E-state index in [9.17, 15) is 4.79 Å². The van der Waals surface area contributed by atoms with Crippen LogP contribution in [0.4, 0.5) is 0 Å². The van der Waals surface area contributed by atoms with Gasteiger partial charge in [-0.3, -0.25) is 4.79 Å². The molecule has 0 atom stereocenters. The highest BCUT2D eigenvalue weighted by Gasteiger charge is 2.16. The predicted molar refractivity (Wildman–Crippen MR) is 102 cm³/mol. The molecule has 4 nitrogen and oxygen atoms in total. The number of nitrogens with one attached hydrogen (secondary N) is 1.